The third kappa shape index (κ3) is 4.35. The van der Waals surface area contributed by atoms with Crippen LogP contribution in [0.5, 0.6) is 0 Å². The van der Waals surface area contributed by atoms with Crippen LogP contribution < -0.4 is 10.6 Å². The maximum atomic E-state index is 13.4. The molecule has 1 aliphatic rings. The average Bonchev–Trinajstić information content (AvgIpc) is 3.53. The number of hydrogen-bond donors (Lipinski definition) is 2. The van der Waals surface area contributed by atoms with Gasteiger partial charge in [0.05, 0.1) is 22.8 Å². The average molecular weight is 440 g/mol. The Morgan fingerprint density at radius 3 is 2.52 bits per heavy atom. The molecule has 166 valence electrons. The van der Waals surface area contributed by atoms with E-state index < -0.39 is 0 Å². The summed E-state index contributed by atoms with van der Waals surface area (Å²) in [6.45, 7) is 4.06. The number of amides is 2. The fourth-order valence-electron chi connectivity index (χ4n) is 3.77. The van der Waals surface area contributed by atoms with Gasteiger partial charge >= 0.3 is 0 Å². The van der Waals surface area contributed by atoms with Gasteiger partial charge in [-0.1, -0.05) is 36.4 Å². The Morgan fingerprint density at radius 2 is 1.79 bits per heavy atom. The molecule has 0 unspecified atom stereocenters. The van der Waals surface area contributed by atoms with Crippen LogP contribution >= 0.6 is 0 Å². The van der Waals surface area contributed by atoms with Gasteiger partial charge in [-0.05, 0) is 51.0 Å². The standard InChI is InChI=1S/C26H25N5O2/c1-16(2)31-24-22(15-27-31)21(14-23(30-24)17-7-4-3-5-8-17)26(33)29-20-10-6-9-18(13-20)25(32)28-19-11-12-19/h3-10,13-16,19H,11-12H2,1-2H3,(H,28,32)(H,29,33). The number of aromatic nitrogens is 3. The lowest BCUT2D eigenvalue weighted by Gasteiger charge is -2.12. The molecule has 0 saturated heterocycles. The summed E-state index contributed by atoms with van der Waals surface area (Å²) < 4.78 is 1.82. The molecule has 7 nitrogen and oxygen atoms in total. The minimum Gasteiger partial charge on any atom is -0.349 e. The molecule has 7 heteroatoms. The number of carbonyl (C=O) groups is 2. The van der Waals surface area contributed by atoms with Crippen LogP contribution in [0.3, 0.4) is 0 Å². The number of carbonyl (C=O) groups excluding carboxylic acids is 2. The van der Waals surface area contributed by atoms with E-state index in [4.69, 9.17) is 4.98 Å². The molecule has 1 saturated carbocycles. The smallest absolute Gasteiger partial charge is 0.256 e. The van der Waals surface area contributed by atoms with E-state index in [1.54, 1.807) is 36.5 Å². The number of nitrogens with zero attached hydrogens (tertiary/aromatic N) is 3. The molecular weight excluding hydrogens is 414 g/mol. The van der Waals surface area contributed by atoms with Crippen LogP contribution in [0.2, 0.25) is 0 Å². The van der Waals surface area contributed by atoms with Gasteiger partial charge in [-0.15, -0.1) is 0 Å². The van der Waals surface area contributed by atoms with Crippen molar-refractivity contribution in [2.24, 2.45) is 0 Å². The number of rotatable bonds is 6. The summed E-state index contributed by atoms with van der Waals surface area (Å²) in [4.78, 5) is 30.6. The van der Waals surface area contributed by atoms with E-state index in [9.17, 15) is 9.59 Å². The van der Waals surface area contributed by atoms with Crippen molar-refractivity contribution in [3.05, 3.63) is 78.0 Å². The molecule has 0 aliphatic heterocycles. The molecule has 2 aromatic heterocycles. The number of nitrogens with one attached hydrogen (secondary N) is 2. The SMILES string of the molecule is CC(C)n1ncc2c(C(=O)Nc3cccc(C(=O)NC4CC4)c3)cc(-c3ccccc3)nc21. The third-order valence-corrected chi connectivity index (χ3v) is 5.67. The highest BCUT2D eigenvalue weighted by atomic mass is 16.2. The van der Waals surface area contributed by atoms with Gasteiger partial charge in [0.1, 0.15) is 0 Å². The van der Waals surface area contributed by atoms with Crippen molar-refractivity contribution in [1.29, 1.82) is 0 Å². The molecule has 1 aliphatic carbocycles. The molecule has 5 rings (SSSR count). The topological polar surface area (TPSA) is 88.9 Å². The predicted molar refractivity (Wildman–Crippen MR) is 128 cm³/mol. The summed E-state index contributed by atoms with van der Waals surface area (Å²) in [6.07, 6.45) is 3.73. The maximum absolute atomic E-state index is 13.4. The second-order valence-electron chi connectivity index (χ2n) is 8.62. The van der Waals surface area contributed by atoms with Gasteiger partial charge in [-0.3, -0.25) is 9.59 Å². The van der Waals surface area contributed by atoms with Gasteiger partial charge in [0.15, 0.2) is 5.65 Å². The van der Waals surface area contributed by atoms with E-state index in [1.807, 2.05) is 48.9 Å². The Morgan fingerprint density at radius 1 is 1.00 bits per heavy atom. The highest BCUT2D eigenvalue weighted by molar-refractivity contribution is 6.13. The summed E-state index contributed by atoms with van der Waals surface area (Å²) in [7, 11) is 0. The zero-order valence-corrected chi connectivity index (χ0v) is 18.6. The molecular formula is C26H25N5O2. The molecule has 0 atom stereocenters. The highest BCUT2D eigenvalue weighted by Gasteiger charge is 2.24. The van der Waals surface area contributed by atoms with Crippen molar-refractivity contribution in [3.8, 4) is 11.3 Å². The van der Waals surface area contributed by atoms with Gasteiger partial charge in [0.2, 0.25) is 0 Å². The first-order valence-electron chi connectivity index (χ1n) is 11.2. The van der Waals surface area contributed by atoms with Crippen LogP contribution in [0.15, 0.2) is 66.9 Å². The summed E-state index contributed by atoms with van der Waals surface area (Å²) in [6, 6.07) is 18.9. The Labute approximate surface area is 191 Å². The lowest BCUT2D eigenvalue weighted by Crippen LogP contribution is -2.25. The van der Waals surface area contributed by atoms with Gasteiger partial charge < -0.3 is 10.6 Å². The number of fused-ring (bicyclic) bond motifs is 1. The first kappa shape index (κ1) is 20.9. The normalized spacial score (nSPS) is 13.3. The zero-order chi connectivity index (χ0) is 22.9. The third-order valence-electron chi connectivity index (χ3n) is 5.67. The first-order valence-corrected chi connectivity index (χ1v) is 11.2. The minimum atomic E-state index is -0.275. The van der Waals surface area contributed by atoms with E-state index >= 15 is 0 Å². The van der Waals surface area contributed by atoms with Crippen LogP contribution in [0, 0.1) is 0 Å². The summed E-state index contributed by atoms with van der Waals surface area (Å²) in [5.74, 6) is -0.396. The van der Waals surface area contributed by atoms with Gasteiger partial charge in [-0.25, -0.2) is 9.67 Å². The molecule has 2 aromatic carbocycles. The quantitative estimate of drug-likeness (QED) is 0.451. The monoisotopic (exact) mass is 439 g/mol. The van der Waals surface area contributed by atoms with Crippen molar-refractivity contribution in [3.63, 3.8) is 0 Å². The fraction of sp³-hybridized carbons (Fsp3) is 0.231. The molecule has 1 fully saturated rings. The van der Waals surface area contributed by atoms with Crippen molar-refractivity contribution >= 4 is 28.5 Å². The summed E-state index contributed by atoms with van der Waals surface area (Å²) in [5, 5.41) is 11.1. The second-order valence-corrected chi connectivity index (χ2v) is 8.62. The van der Waals surface area contributed by atoms with Gasteiger partial charge in [-0.2, -0.15) is 5.10 Å². The Balaban J connectivity index is 1.51. The van der Waals surface area contributed by atoms with Crippen LogP contribution in [0.4, 0.5) is 5.69 Å². The summed E-state index contributed by atoms with van der Waals surface area (Å²) in [5.41, 5.74) is 3.85. The molecule has 2 N–H and O–H groups in total. The Bertz CT molecular complexity index is 1340. The molecule has 2 amide bonds. The molecule has 33 heavy (non-hydrogen) atoms. The number of anilines is 1. The van der Waals surface area contributed by atoms with Crippen LogP contribution in [0.25, 0.3) is 22.3 Å². The largest absolute Gasteiger partial charge is 0.349 e. The number of pyridine rings is 1. The van der Waals surface area contributed by atoms with Crippen molar-refractivity contribution < 1.29 is 9.59 Å². The fourth-order valence-corrected chi connectivity index (χ4v) is 3.77. The second kappa shape index (κ2) is 8.50. The van der Waals surface area contributed by atoms with Crippen molar-refractivity contribution in [2.45, 2.75) is 38.8 Å². The molecule has 0 spiro atoms. The number of benzene rings is 2. The van der Waals surface area contributed by atoms with Crippen molar-refractivity contribution in [1.82, 2.24) is 20.1 Å². The van der Waals surface area contributed by atoms with Gasteiger partial charge in [0, 0.05) is 28.9 Å². The molecule has 0 radical (unpaired) electrons. The van der Waals surface area contributed by atoms with E-state index in [1.165, 1.54) is 0 Å². The molecule has 4 aromatic rings. The highest BCUT2D eigenvalue weighted by Crippen LogP contribution is 2.27. The minimum absolute atomic E-state index is 0.0959. The number of hydrogen-bond acceptors (Lipinski definition) is 4. The molecule has 2 heterocycles. The van der Waals surface area contributed by atoms with Crippen LogP contribution in [-0.4, -0.2) is 32.6 Å². The maximum Gasteiger partial charge on any atom is 0.256 e. The van der Waals surface area contributed by atoms with E-state index in [0.717, 1.165) is 18.4 Å². The first-order chi connectivity index (χ1) is 16.0. The van der Waals surface area contributed by atoms with Crippen LogP contribution in [-0.2, 0) is 0 Å². The van der Waals surface area contributed by atoms with Crippen LogP contribution in [0.1, 0.15) is 53.4 Å². The van der Waals surface area contributed by atoms with E-state index in [0.29, 0.717) is 33.5 Å². The molecule has 0 bridgehead atoms. The van der Waals surface area contributed by atoms with E-state index in [-0.39, 0.29) is 23.9 Å². The van der Waals surface area contributed by atoms with Gasteiger partial charge in [0.25, 0.3) is 11.8 Å². The Kier molecular flexibility index (Phi) is 5.38. The summed E-state index contributed by atoms with van der Waals surface area (Å²) >= 11 is 0. The Hall–Kier alpha value is -4.00. The predicted octanol–water partition coefficient (Wildman–Crippen LogP) is 4.82. The lowest BCUT2D eigenvalue weighted by atomic mass is 10.1. The van der Waals surface area contributed by atoms with E-state index in [2.05, 4.69) is 15.7 Å². The zero-order valence-electron chi connectivity index (χ0n) is 18.6. The lowest BCUT2D eigenvalue weighted by molar-refractivity contribution is 0.0949. The van der Waals surface area contributed by atoms with Crippen molar-refractivity contribution in [2.75, 3.05) is 5.32 Å².